The maximum Gasteiger partial charge on any atom is 0.306 e. The smallest absolute Gasteiger partial charge is 0.306 e. The highest BCUT2D eigenvalue weighted by Crippen LogP contribution is 2.17. The molecule has 0 aromatic heterocycles. The van der Waals surface area contributed by atoms with Crippen molar-refractivity contribution in [3.63, 3.8) is 0 Å². The molecule has 0 bridgehead atoms. The molecule has 0 rings (SSSR count). The average Bonchev–Trinajstić information content (AvgIpc) is 3.47. The van der Waals surface area contributed by atoms with Gasteiger partial charge in [0, 0.05) is 19.3 Å². The summed E-state index contributed by atoms with van der Waals surface area (Å²) < 4.78 is 16.9. The summed E-state index contributed by atoms with van der Waals surface area (Å²) in [6, 6.07) is 0. The SMILES string of the molecule is CC/C=C\C/C=C\C/C=C\C/C=C\C/C=C\C/C=C\CCCCCCCCCCCCC(=O)OCC(COC(=O)CCCCCCCCCC)OC(=O)CCCCCCCCCCCCCC/C=C\C/C=C\C/C=C\CCCCCCC. The van der Waals surface area contributed by atoms with E-state index in [4.69, 9.17) is 14.2 Å². The summed E-state index contributed by atoms with van der Waals surface area (Å²) in [6.07, 6.45) is 95.5. The van der Waals surface area contributed by atoms with E-state index >= 15 is 0 Å². The maximum absolute atomic E-state index is 12.9. The fraction of sp³-hybridized carbons (Fsp3) is 0.724. The van der Waals surface area contributed by atoms with Crippen LogP contribution in [0.1, 0.15) is 335 Å². The minimum atomic E-state index is -0.780. The van der Waals surface area contributed by atoms with Crippen molar-refractivity contribution in [2.45, 2.75) is 341 Å². The Bertz CT molecular complexity index is 1640. The van der Waals surface area contributed by atoms with E-state index in [-0.39, 0.29) is 31.1 Å². The predicted molar refractivity (Wildman–Crippen MR) is 357 cm³/mol. The summed E-state index contributed by atoms with van der Waals surface area (Å²) in [4.78, 5) is 38.2. The molecule has 6 nitrogen and oxygen atoms in total. The van der Waals surface area contributed by atoms with Crippen molar-refractivity contribution in [2.24, 2.45) is 0 Å². The lowest BCUT2D eigenvalue weighted by Gasteiger charge is -2.18. The largest absolute Gasteiger partial charge is 0.462 e. The first kappa shape index (κ1) is 78.1. The van der Waals surface area contributed by atoms with Gasteiger partial charge in [-0.3, -0.25) is 14.4 Å². The van der Waals surface area contributed by atoms with Crippen molar-refractivity contribution >= 4 is 17.9 Å². The molecule has 0 aliphatic carbocycles. The first-order valence-electron chi connectivity index (χ1n) is 34.9. The first-order chi connectivity index (χ1) is 40.5. The Morgan fingerprint density at radius 2 is 0.476 bits per heavy atom. The first-order valence-corrected chi connectivity index (χ1v) is 34.9. The number of ether oxygens (including phenoxy) is 3. The van der Waals surface area contributed by atoms with E-state index in [0.29, 0.717) is 19.3 Å². The second-order valence-corrected chi connectivity index (χ2v) is 23.1. The van der Waals surface area contributed by atoms with Crippen LogP contribution in [0.5, 0.6) is 0 Å². The summed E-state index contributed by atoms with van der Waals surface area (Å²) in [5.41, 5.74) is 0. The third-order valence-corrected chi connectivity index (χ3v) is 15.0. The van der Waals surface area contributed by atoms with Crippen molar-refractivity contribution in [2.75, 3.05) is 13.2 Å². The second-order valence-electron chi connectivity index (χ2n) is 23.1. The lowest BCUT2D eigenvalue weighted by molar-refractivity contribution is -0.167. The molecular weight excluding hydrogens is 1010 g/mol. The standard InChI is InChI=1S/C76H130O6/c1-4-7-10-13-16-19-21-23-25-27-29-31-33-35-37-38-40-41-43-45-47-49-51-53-55-57-60-63-66-69-75(78)81-72-73(71-80-74(77)68-65-62-59-18-15-12-9-6-3)82-76(79)70-67-64-61-58-56-54-52-50-48-46-44-42-39-36-34-32-30-28-26-24-22-20-17-14-11-8-5-2/h7,10,16,19,22-25,28-31,34-37,40-41,73H,4-6,8-9,11-15,17-18,20-21,26-27,32-33,38-39,42-72H2,1-3H3/b10-7-,19-16-,24-22-,25-23-,30-28-,31-29-,36-34-,37-35-,41-40-. The Morgan fingerprint density at radius 3 is 0.744 bits per heavy atom. The lowest BCUT2D eigenvalue weighted by Crippen LogP contribution is -2.30. The molecule has 0 aromatic rings. The van der Waals surface area contributed by atoms with E-state index in [1.165, 1.54) is 186 Å². The van der Waals surface area contributed by atoms with Crippen LogP contribution in [0, 0.1) is 0 Å². The Morgan fingerprint density at radius 1 is 0.256 bits per heavy atom. The van der Waals surface area contributed by atoms with E-state index < -0.39 is 6.10 Å². The van der Waals surface area contributed by atoms with Gasteiger partial charge >= 0.3 is 17.9 Å². The average molecular weight is 1140 g/mol. The molecule has 0 saturated heterocycles. The summed E-state index contributed by atoms with van der Waals surface area (Å²) in [5.74, 6) is -0.878. The highest BCUT2D eigenvalue weighted by atomic mass is 16.6. The lowest BCUT2D eigenvalue weighted by atomic mass is 10.0. The van der Waals surface area contributed by atoms with Crippen LogP contribution in [0.25, 0.3) is 0 Å². The fourth-order valence-electron chi connectivity index (χ4n) is 9.81. The number of hydrogen-bond donors (Lipinski definition) is 0. The quantitative estimate of drug-likeness (QED) is 0.0261. The van der Waals surface area contributed by atoms with Crippen LogP contribution in [-0.2, 0) is 28.6 Å². The number of carbonyl (C=O) groups excluding carboxylic acids is 3. The number of hydrogen-bond acceptors (Lipinski definition) is 6. The minimum absolute atomic E-state index is 0.0777. The third kappa shape index (κ3) is 66.9. The Kier molecular flexibility index (Phi) is 66.2. The van der Waals surface area contributed by atoms with E-state index in [9.17, 15) is 14.4 Å². The number of allylic oxidation sites excluding steroid dienone is 18. The summed E-state index contributed by atoms with van der Waals surface area (Å²) in [6.45, 7) is 6.51. The van der Waals surface area contributed by atoms with Crippen LogP contribution in [-0.4, -0.2) is 37.2 Å². The van der Waals surface area contributed by atoms with Gasteiger partial charge in [-0.1, -0.05) is 316 Å². The normalized spacial score (nSPS) is 12.8. The van der Waals surface area contributed by atoms with Gasteiger partial charge in [0.2, 0.25) is 0 Å². The Labute approximate surface area is 508 Å². The van der Waals surface area contributed by atoms with Gasteiger partial charge in [0.15, 0.2) is 6.10 Å². The van der Waals surface area contributed by atoms with Crippen LogP contribution in [0.4, 0.5) is 0 Å². The van der Waals surface area contributed by atoms with Crippen molar-refractivity contribution < 1.29 is 28.6 Å². The molecule has 0 amide bonds. The van der Waals surface area contributed by atoms with Crippen molar-refractivity contribution in [1.29, 1.82) is 0 Å². The number of esters is 3. The van der Waals surface area contributed by atoms with E-state index in [0.717, 1.165) is 109 Å². The fourth-order valence-corrected chi connectivity index (χ4v) is 9.81. The van der Waals surface area contributed by atoms with Crippen LogP contribution < -0.4 is 0 Å². The van der Waals surface area contributed by atoms with Crippen LogP contribution in [0.2, 0.25) is 0 Å². The molecule has 0 saturated carbocycles. The highest BCUT2D eigenvalue weighted by Gasteiger charge is 2.19. The number of unbranched alkanes of at least 4 members (excludes halogenated alkanes) is 34. The minimum Gasteiger partial charge on any atom is -0.462 e. The second kappa shape index (κ2) is 69.6. The van der Waals surface area contributed by atoms with Crippen LogP contribution in [0.3, 0.4) is 0 Å². The summed E-state index contributed by atoms with van der Waals surface area (Å²) in [5, 5.41) is 0. The van der Waals surface area contributed by atoms with E-state index in [1.54, 1.807) is 0 Å². The molecule has 0 aliphatic rings. The molecule has 0 fully saturated rings. The molecule has 1 unspecified atom stereocenters. The molecule has 6 heteroatoms. The van der Waals surface area contributed by atoms with Crippen LogP contribution in [0.15, 0.2) is 109 Å². The molecule has 0 aromatic carbocycles. The molecular formula is C76H130O6. The zero-order valence-electron chi connectivity index (χ0n) is 54.0. The molecule has 0 N–H and O–H groups in total. The van der Waals surface area contributed by atoms with Crippen molar-refractivity contribution in [3.8, 4) is 0 Å². The van der Waals surface area contributed by atoms with Gasteiger partial charge in [0.1, 0.15) is 13.2 Å². The maximum atomic E-state index is 12.9. The number of rotatable bonds is 63. The highest BCUT2D eigenvalue weighted by molar-refractivity contribution is 5.71. The summed E-state index contributed by atoms with van der Waals surface area (Å²) >= 11 is 0. The molecule has 82 heavy (non-hydrogen) atoms. The van der Waals surface area contributed by atoms with Gasteiger partial charge in [0.25, 0.3) is 0 Å². The molecule has 0 radical (unpaired) electrons. The van der Waals surface area contributed by atoms with Gasteiger partial charge in [-0.2, -0.15) is 0 Å². The molecule has 0 heterocycles. The number of carbonyl (C=O) groups is 3. The topological polar surface area (TPSA) is 78.9 Å². The molecule has 0 spiro atoms. The Balaban J connectivity index is 4.16. The zero-order valence-corrected chi connectivity index (χ0v) is 54.0. The third-order valence-electron chi connectivity index (χ3n) is 15.0. The monoisotopic (exact) mass is 1140 g/mol. The summed E-state index contributed by atoms with van der Waals surface area (Å²) in [7, 11) is 0. The van der Waals surface area contributed by atoms with Gasteiger partial charge < -0.3 is 14.2 Å². The van der Waals surface area contributed by atoms with Gasteiger partial charge in [-0.05, 0) is 109 Å². The van der Waals surface area contributed by atoms with Gasteiger partial charge in [-0.25, -0.2) is 0 Å². The van der Waals surface area contributed by atoms with Gasteiger partial charge in [0.05, 0.1) is 0 Å². The van der Waals surface area contributed by atoms with Crippen molar-refractivity contribution in [3.05, 3.63) is 109 Å². The molecule has 1 atom stereocenters. The predicted octanol–water partition coefficient (Wildman–Crippen LogP) is 24.2. The van der Waals surface area contributed by atoms with Crippen molar-refractivity contribution in [1.82, 2.24) is 0 Å². The van der Waals surface area contributed by atoms with Gasteiger partial charge in [-0.15, -0.1) is 0 Å². The van der Waals surface area contributed by atoms with E-state index in [1.807, 2.05) is 0 Å². The van der Waals surface area contributed by atoms with Crippen LogP contribution >= 0.6 is 0 Å². The Hall–Kier alpha value is -3.93. The van der Waals surface area contributed by atoms with E-state index in [2.05, 4.69) is 130 Å². The molecule has 470 valence electrons. The zero-order chi connectivity index (χ0) is 59.2. The molecule has 0 aliphatic heterocycles.